The van der Waals surface area contributed by atoms with Crippen LogP contribution in [0.5, 0.6) is 0 Å². The van der Waals surface area contributed by atoms with Gasteiger partial charge in [0.15, 0.2) is 5.78 Å². The Kier molecular flexibility index (Phi) is 7.28. The molecule has 0 radical (unpaired) electrons. The summed E-state index contributed by atoms with van der Waals surface area (Å²) in [6, 6.07) is -0.644. The molecule has 0 aromatic carbocycles. The lowest BCUT2D eigenvalue weighted by atomic mass is 10.0. The molecule has 1 aliphatic carbocycles. The zero-order chi connectivity index (χ0) is 18.2. The Morgan fingerprint density at radius 1 is 1.36 bits per heavy atom. The first kappa shape index (κ1) is 19.3. The number of carbonyl (C=O) groups is 2. The van der Waals surface area contributed by atoms with Gasteiger partial charge in [-0.15, -0.1) is 0 Å². The highest BCUT2D eigenvalue weighted by atomic mass is 19.1. The van der Waals surface area contributed by atoms with Crippen molar-refractivity contribution in [1.82, 2.24) is 14.9 Å². The first-order chi connectivity index (χ1) is 12.0. The molecule has 7 heteroatoms. The molecular formula is C18H26FN3O3. The summed E-state index contributed by atoms with van der Waals surface area (Å²) in [5, 5.41) is 2.85. The van der Waals surface area contributed by atoms with Crippen LogP contribution >= 0.6 is 0 Å². The smallest absolute Gasteiger partial charge is 0.289 e. The number of unbranched alkanes of at least 4 members (excludes halogenated alkanes) is 2. The Balaban J connectivity index is 2.04. The van der Waals surface area contributed by atoms with E-state index in [0.29, 0.717) is 6.42 Å². The van der Waals surface area contributed by atoms with E-state index in [-0.39, 0.29) is 24.2 Å². The third kappa shape index (κ3) is 5.47. The zero-order valence-corrected chi connectivity index (χ0v) is 14.7. The number of nitrogens with zero attached hydrogens (tertiary/aromatic N) is 2. The maximum absolute atomic E-state index is 13.3. The van der Waals surface area contributed by atoms with Gasteiger partial charge < -0.3 is 5.32 Å². The Labute approximate surface area is 146 Å². The number of nitrogens with one attached hydrogen (secondary N) is 1. The van der Waals surface area contributed by atoms with Crippen molar-refractivity contribution in [2.75, 3.05) is 0 Å². The molecule has 1 aromatic rings. The number of hydrogen-bond acceptors (Lipinski definition) is 4. The number of hydrogen-bond donors (Lipinski definition) is 1. The molecule has 1 saturated carbocycles. The van der Waals surface area contributed by atoms with E-state index in [4.69, 9.17) is 0 Å². The molecule has 1 amide bonds. The van der Waals surface area contributed by atoms with Gasteiger partial charge in [-0.1, -0.05) is 39.0 Å². The summed E-state index contributed by atoms with van der Waals surface area (Å²) in [6.07, 6.45) is 9.07. The second-order valence-corrected chi connectivity index (χ2v) is 6.68. The van der Waals surface area contributed by atoms with E-state index >= 15 is 0 Å². The number of halogens is 1. The highest BCUT2D eigenvalue weighted by Gasteiger charge is 2.27. The highest BCUT2D eigenvalue weighted by Crippen LogP contribution is 2.25. The van der Waals surface area contributed by atoms with E-state index in [0.717, 1.165) is 62.0 Å². The lowest BCUT2D eigenvalue weighted by Gasteiger charge is -2.20. The number of carbonyl (C=O) groups excluding carboxylic acids is 2. The van der Waals surface area contributed by atoms with Crippen molar-refractivity contribution >= 4 is 11.7 Å². The molecule has 0 spiro atoms. The Morgan fingerprint density at radius 2 is 2.08 bits per heavy atom. The Bertz CT molecular complexity index is 653. The maximum Gasteiger partial charge on any atom is 0.289 e. The topological polar surface area (TPSA) is 81.1 Å². The fraction of sp³-hybridized carbons (Fsp3) is 0.667. The lowest BCUT2D eigenvalue weighted by molar-refractivity contribution is -0.130. The van der Waals surface area contributed by atoms with E-state index in [1.54, 1.807) is 0 Å². The lowest BCUT2D eigenvalue weighted by Crippen LogP contribution is -2.45. The van der Waals surface area contributed by atoms with E-state index in [2.05, 4.69) is 17.2 Å². The molecule has 1 aromatic heterocycles. The first-order valence-electron chi connectivity index (χ1n) is 9.06. The predicted molar refractivity (Wildman–Crippen MR) is 91.5 cm³/mol. The van der Waals surface area contributed by atoms with Gasteiger partial charge in [-0.05, 0) is 19.3 Å². The molecule has 138 valence electrons. The summed E-state index contributed by atoms with van der Waals surface area (Å²) >= 11 is 0. The fourth-order valence-corrected chi connectivity index (χ4v) is 3.20. The van der Waals surface area contributed by atoms with Gasteiger partial charge in [-0.25, -0.2) is 4.98 Å². The summed E-state index contributed by atoms with van der Waals surface area (Å²) in [6.45, 7) is 1.78. The van der Waals surface area contributed by atoms with Gasteiger partial charge in [0.25, 0.3) is 5.56 Å². The Morgan fingerprint density at radius 3 is 2.76 bits per heavy atom. The van der Waals surface area contributed by atoms with Crippen LogP contribution in [0.3, 0.4) is 0 Å². The average Bonchev–Trinajstić information content (AvgIpc) is 3.13. The van der Waals surface area contributed by atoms with Gasteiger partial charge in [0, 0.05) is 5.92 Å². The van der Waals surface area contributed by atoms with Gasteiger partial charge in [0.05, 0.1) is 25.1 Å². The number of rotatable bonds is 9. The van der Waals surface area contributed by atoms with Crippen molar-refractivity contribution in [2.24, 2.45) is 5.92 Å². The van der Waals surface area contributed by atoms with E-state index < -0.39 is 17.4 Å². The maximum atomic E-state index is 13.3. The summed E-state index contributed by atoms with van der Waals surface area (Å²) in [4.78, 5) is 40.3. The Hall–Kier alpha value is -2.05. The van der Waals surface area contributed by atoms with E-state index in [9.17, 15) is 18.8 Å². The van der Waals surface area contributed by atoms with Crippen molar-refractivity contribution < 1.29 is 14.0 Å². The first-order valence-corrected chi connectivity index (χ1v) is 9.06. The largest absolute Gasteiger partial charge is 0.346 e. The third-order valence-corrected chi connectivity index (χ3v) is 4.71. The van der Waals surface area contributed by atoms with E-state index in [1.807, 2.05) is 0 Å². The number of amides is 1. The molecule has 1 heterocycles. The number of aromatic nitrogens is 2. The molecule has 0 saturated heterocycles. The predicted octanol–water partition coefficient (Wildman–Crippen LogP) is 2.21. The van der Waals surface area contributed by atoms with Crippen molar-refractivity contribution in [1.29, 1.82) is 0 Å². The molecule has 0 aliphatic heterocycles. The standard InChI is InChI=1S/C18H26FN3O3/c1-2-3-4-9-15(21-17(24)13-7-5-6-8-13)16(23)11-22-12-20-10-14(19)18(22)25/h10,12-13,15H,2-9,11H2,1H3,(H,21,24)/t15-/m0/s1. The minimum absolute atomic E-state index is 0.0277. The van der Waals surface area contributed by atoms with Gasteiger partial charge in [0.2, 0.25) is 11.7 Å². The van der Waals surface area contributed by atoms with Crippen LogP contribution in [0.2, 0.25) is 0 Å². The van der Waals surface area contributed by atoms with Crippen LogP contribution in [0.4, 0.5) is 4.39 Å². The number of ketones is 1. The highest BCUT2D eigenvalue weighted by molar-refractivity contribution is 5.89. The minimum Gasteiger partial charge on any atom is -0.346 e. The van der Waals surface area contributed by atoms with Crippen LogP contribution in [-0.4, -0.2) is 27.3 Å². The molecule has 6 nitrogen and oxygen atoms in total. The molecule has 0 bridgehead atoms. The van der Waals surface area contributed by atoms with Crippen molar-refractivity contribution in [2.45, 2.75) is 70.9 Å². The molecular weight excluding hydrogens is 325 g/mol. The van der Waals surface area contributed by atoms with Crippen LogP contribution in [-0.2, 0) is 16.1 Å². The molecule has 25 heavy (non-hydrogen) atoms. The summed E-state index contributed by atoms with van der Waals surface area (Å²) < 4.78 is 14.3. The second-order valence-electron chi connectivity index (χ2n) is 6.68. The summed E-state index contributed by atoms with van der Waals surface area (Å²) in [5.41, 5.74) is -0.877. The van der Waals surface area contributed by atoms with Crippen molar-refractivity contribution in [3.05, 3.63) is 28.7 Å². The molecule has 1 atom stereocenters. The zero-order valence-electron chi connectivity index (χ0n) is 14.7. The molecule has 2 rings (SSSR count). The van der Waals surface area contributed by atoms with E-state index in [1.165, 1.54) is 0 Å². The minimum atomic E-state index is -0.993. The summed E-state index contributed by atoms with van der Waals surface area (Å²) in [7, 11) is 0. The average molecular weight is 351 g/mol. The van der Waals surface area contributed by atoms with Crippen LogP contribution < -0.4 is 10.9 Å². The normalized spacial score (nSPS) is 15.9. The van der Waals surface area contributed by atoms with Gasteiger partial charge in [-0.2, -0.15) is 4.39 Å². The molecule has 0 unspecified atom stereocenters. The van der Waals surface area contributed by atoms with Gasteiger partial charge >= 0.3 is 0 Å². The van der Waals surface area contributed by atoms with Crippen molar-refractivity contribution in [3.8, 4) is 0 Å². The molecule has 1 aliphatic rings. The molecule has 1 fully saturated rings. The monoisotopic (exact) mass is 351 g/mol. The third-order valence-electron chi connectivity index (χ3n) is 4.71. The summed E-state index contributed by atoms with van der Waals surface area (Å²) in [5.74, 6) is -1.40. The van der Waals surface area contributed by atoms with Crippen LogP contribution in [0.25, 0.3) is 0 Å². The second kappa shape index (κ2) is 9.44. The fourth-order valence-electron chi connectivity index (χ4n) is 3.20. The van der Waals surface area contributed by atoms with Crippen LogP contribution in [0.15, 0.2) is 17.3 Å². The van der Waals surface area contributed by atoms with Crippen LogP contribution in [0, 0.1) is 11.7 Å². The SMILES string of the molecule is CCCCC[C@H](NC(=O)C1CCCC1)C(=O)Cn1cncc(F)c1=O. The quantitative estimate of drug-likeness (QED) is 0.692. The molecule has 1 N–H and O–H groups in total. The number of Topliss-reactive ketones (excluding diaryl/α,β-unsaturated/α-hetero) is 1. The van der Waals surface area contributed by atoms with Gasteiger partial charge in [0.1, 0.15) is 0 Å². The van der Waals surface area contributed by atoms with Crippen LogP contribution in [0.1, 0.15) is 58.3 Å². The van der Waals surface area contributed by atoms with Gasteiger partial charge in [-0.3, -0.25) is 19.0 Å². The van der Waals surface area contributed by atoms with Crippen molar-refractivity contribution in [3.63, 3.8) is 0 Å².